The Labute approximate surface area is 87.0 Å². The van der Waals surface area contributed by atoms with Crippen molar-refractivity contribution < 1.29 is 9.53 Å². The Balaban J connectivity index is 3.63. The summed E-state index contributed by atoms with van der Waals surface area (Å²) in [7, 11) is 1.56. The summed E-state index contributed by atoms with van der Waals surface area (Å²) in [6, 6.07) is 0. The molecule has 3 nitrogen and oxygen atoms in total. The summed E-state index contributed by atoms with van der Waals surface area (Å²) in [4.78, 5) is 11.2. The molecule has 3 heteroatoms. The quantitative estimate of drug-likeness (QED) is 0.618. The summed E-state index contributed by atoms with van der Waals surface area (Å²) in [6.45, 7) is 3.14. The van der Waals surface area contributed by atoms with E-state index in [0.29, 0.717) is 12.3 Å². The molecule has 0 aliphatic heterocycles. The van der Waals surface area contributed by atoms with Crippen LogP contribution in [0.1, 0.15) is 39.0 Å². The van der Waals surface area contributed by atoms with Crippen LogP contribution < -0.4 is 5.73 Å². The molecule has 1 atom stereocenters. The van der Waals surface area contributed by atoms with Gasteiger partial charge in [0.15, 0.2) is 5.78 Å². The van der Waals surface area contributed by atoms with E-state index in [0.717, 1.165) is 19.4 Å². The minimum atomic E-state index is 0.200. The number of ketones is 1. The SMILES string of the molecule is CCCC(CCN)CCC(=O)COC. The van der Waals surface area contributed by atoms with Crippen molar-refractivity contribution in [1.82, 2.24) is 0 Å². The van der Waals surface area contributed by atoms with Crippen LogP contribution in [0.5, 0.6) is 0 Å². The van der Waals surface area contributed by atoms with Gasteiger partial charge in [0.2, 0.25) is 0 Å². The molecule has 0 aliphatic rings. The van der Waals surface area contributed by atoms with Crippen LogP contribution in [0.2, 0.25) is 0 Å². The first-order chi connectivity index (χ1) is 6.74. The topological polar surface area (TPSA) is 52.3 Å². The normalized spacial score (nSPS) is 12.8. The summed E-state index contributed by atoms with van der Waals surface area (Å²) in [6.07, 6.45) is 4.99. The number of nitrogens with two attached hydrogens (primary N) is 1. The molecule has 0 amide bonds. The first-order valence-electron chi connectivity index (χ1n) is 5.45. The van der Waals surface area contributed by atoms with Crippen molar-refractivity contribution in [3.05, 3.63) is 0 Å². The molecule has 0 bridgehead atoms. The van der Waals surface area contributed by atoms with Gasteiger partial charge in [-0.15, -0.1) is 0 Å². The second-order valence-corrected chi connectivity index (χ2v) is 3.74. The molecule has 0 saturated heterocycles. The van der Waals surface area contributed by atoms with Crippen LogP contribution in [0.3, 0.4) is 0 Å². The van der Waals surface area contributed by atoms with Gasteiger partial charge in [0.1, 0.15) is 6.61 Å². The molecule has 0 aliphatic carbocycles. The standard InChI is InChI=1S/C11H23NO2/c1-3-4-10(7-8-12)5-6-11(13)9-14-2/h10H,3-9,12H2,1-2H3. The lowest BCUT2D eigenvalue weighted by molar-refractivity contribution is -0.122. The van der Waals surface area contributed by atoms with Crippen molar-refractivity contribution in [3.63, 3.8) is 0 Å². The molecular formula is C11H23NO2. The van der Waals surface area contributed by atoms with Gasteiger partial charge in [0.25, 0.3) is 0 Å². The highest BCUT2D eigenvalue weighted by Gasteiger charge is 2.09. The van der Waals surface area contributed by atoms with Crippen LogP contribution in [0.15, 0.2) is 0 Å². The molecule has 0 aromatic heterocycles. The van der Waals surface area contributed by atoms with E-state index in [2.05, 4.69) is 6.92 Å². The minimum absolute atomic E-state index is 0.200. The summed E-state index contributed by atoms with van der Waals surface area (Å²) in [5.74, 6) is 0.816. The predicted octanol–water partition coefficient (Wildman–Crippen LogP) is 1.75. The number of ether oxygens (including phenoxy) is 1. The van der Waals surface area contributed by atoms with Gasteiger partial charge in [0.05, 0.1) is 0 Å². The first kappa shape index (κ1) is 13.6. The second kappa shape index (κ2) is 9.16. The molecule has 2 N–H and O–H groups in total. The summed E-state index contributed by atoms with van der Waals surface area (Å²) >= 11 is 0. The Kier molecular flexibility index (Phi) is 8.89. The van der Waals surface area contributed by atoms with Crippen molar-refractivity contribution >= 4 is 5.78 Å². The van der Waals surface area contributed by atoms with Gasteiger partial charge in [-0.05, 0) is 25.3 Å². The van der Waals surface area contributed by atoms with Crippen LogP contribution in [0, 0.1) is 5.92 Å². The lowest BCUT2D eigenvalue weighted by Gasteiger charge is -2.13. The molecule has 14 heavy (non-hydrogen) atoms. The number of carbonyl (C=O) groups is 1. The maximum atomic E-state index is 11.2. The zero-order valence-corrected chi connectivity index (χ0v) is 9.42. The van der Waals surface area contributed by atoms with Crippen molar-refractivity contribution in [2.45, 2.75) is 39.0 Å². The van der Waals surface area contributed by atoms with E-state index in [-0.39, 0.29) is 12.4 Å². The molecule has 0 rings (SSSR count). The molecule has 0 aromatic carbocycles. The lowest BCUT2D eigenvalue weighted by Crippen LogP contribution is -2.12. The zero-order valence-electron chi connectivity index (χ0n) is 9.42. The smallest absolute Gasteiger partial charge is 0.158 e. The largest absolute Gasteiger partial charge is 0.377 e. The van der Waals surface area contributed by atoms with Gasteiger partial charge in [-0.1, -0.05) is 19.8 Å². The molecule has 0 heterocycles. The van der Waals surface area contributed by atoms with E-state index < -0.39 is 0 Å². The number of hydrogen-bond acceptors (Lipinski definition) is 3. The fraction of sp³-hybridized carbons (Fsp3) is 0.909. The highest BCUT2D eigenvalue weighted by molar-refractivity contribution is 5.79. The number of Topliss-reactive ketones (excluding diaryl/α,β-unsaturated/α-hetero) is 1. The van der Waals surface area contributed by atoms with Gasteiger partial charge in [0, 0.05) is 13.5 Å². The van der Waals surface area contributed by atoms with E-state index >= 15 is 0 Å². The summed E-state index contributed by atoms with van der Waals surface area (Å²) in [5.41, 5.74) is 5.52. The molecule has 0 spiro atoms. The monoisotopic (exact) mass is 201 g/mol. The van der Waals surface area contributed by atoms with Crippen LogP contribution in [0.4, 0.5) is 0 Å². The van der Waals surface area contributed by atoms with Gasteiger partial charge < -0.3 is 10.5 Å². The third kappa shape index (κ3) is 7.04. The molecule has 84 valence electrons. The fourth-order valence-corrected chi connectivity index (χ4v) is 1.68. The van der Waals surface area contributed by atoms with Crippen LogP contribution in [0.25, 0.3) is 0 Å². The Morgan fingerprint density at radius 1 is 1.36 bits per heavy atom. The Bertz CT molecular complexity index is 142. The van der Waals surface area contributed by atoms with Crippen molar-refractivity contribution in [3.8, 4) is 0 Å². The third-order valence-electron chi connectivity index (χ3n) is 2.41. The van der Waals surface area contributed by atoms with Crippen LogP contribution in [-0.2, 0) is 9.53 Å². The number of hydrogen-bond donors (Lipinski definition) is 1. The Morgan fingerprint density at radius 3 is 2.57 bits per heavy atom. The summed E-state index contributed by atoms with van der Waals surface area (Å²) in [5, 5.41) is 0. The van der Waals surface area contributed by atoms with Gasteiger partial charge in [-0.25, -0.2) is 0 Å². The molecule has 0 fully saturated rings. The molecule has 0 aromatic rings. The van der Waals surface area contributed by atoms with Crippen molar-refractivity contribution in [2.24, 2.45) is 11.7 Å². The van der Waals surface area contributed by atoms with Gasteiger partial charge in [-0.2, -0.15) is 0 Å². The third-order valence-corrected chi connectivity index (χ3v) is 2.41. The number of methoxy groups -OCH3 is 1. The van der Waals surface area contributed by atoms with E-state index in [4.69, 9.17) is 10.5 Å². The molecule has 0 radical (unpaired) electrons. The Morgan fingerprint density at radius 2 is 2.07 bits per heavy atom. The lowest BCUT2D eigenvalue weighted by atomic mass is 9.93. The van der Waals surface area contributed by atoms with Crippen molar-refractivity contribution in [1.29, 1.82) is 0 Å². The second-order valence-electron chi connectivity index (χ2n) is 3.74. The highest BCUT2D eigenvalue weighted by atomic mass is 16.5. The van der Waals surface area contributed by atoms with Gasteiger partial charge >= 0.3 is 0 Å². The highest BCUT2D eigenvalue weighted by Crippen LogP contribution is 2.16. The zero-order chi connectivity index (χ0) is 10.8. The predicted molar refractivity (Wildman–Crippen MR) is 58.2 cm³/mol. The maximum Gasteiger partial charge on any atom is 0.158 e. The first-order valence-corrected chi connectivity index (χ1v) is 5.45. The van der Waals surface area contributed by atoms with E-state index in [9.17, 15) is 4.79 Å². The Hall–Kier alpha value is -0.410. The average molecular weight is 201 g/mol. The van der Waals surface area contributed by atoms with E-state index in [1.807, 2.05) is 0 Å². The molecular weight excluding hydrogens is 178 g/mol. The number of rotatable bonds is 9. The van der Waals surface area contributed by atoms with Crippen LogP contribution in [-0.4, -0.2) is 26.0 Å². The van der Waals surface area contributed by atoms with E-state index in [1.54, 1.807) is 7.11 Å². The van der Waals surface area contributed by atoms with Gasteiger partial charge in [-0.3, -0.25) is 4.79 Å². The average Bonchev–Trinajstić information content (AvgIpc) is 2.15. The van der Waals surface area contributed by atoms with Crippen LogP contribution >= 0.6 is 0 Å². The number of carbonyl (C=O) groups excluding carboxylic acids is 1. The van der Waals surface area contributed by atoms with E-state index in [1.165, 1.54) is 12.8 Å². The van der Waals surface area contributed by atoms with Crippen molar-refractivity contribution in [2.75, 3.05) is 20.3 Å². The fourth-order valence-electron chi connectivity index (χ4n) is 1.68. The molecule has 0 saturated carbocycles. The molecule has 1 unspecified atom stereocenters. The summed E-state index contributed by atoms with van der Waals surface area (Å²) < 4.78 is 4.78. The maximum absolute atomic E-state index is 11.2. The minimum Gasteiger partial charge on any atom is -0.377 e.